The summed E-state index contributed by atoms with van der Waals surface area (Å²) in [7, 11) is 0. The number of aryl methyl sites for hydroxylation is 1. The molecule has 7 heteroatoms. The van der Waals surface area contributed by atoms with Gasteiger partial charge in [-0.05, 0) is 44.7 Å². The van der Waals surface area contributed by atoms with E-state index in [9.17, 15) is 9.59 Å². The third-order valence-corrected chi connectivity index (χ3v) is 4.71. The minimum Gasteiger partial charge on any atom is -0.451 e. The Morgan fingerprint density at radius 1 is 1.19 bits per heavy atom. The highest BCUT2D eigenvalue weighted by Crippen LogP contribution is 2.19. The van der Waals surface area contributed by atoms with Crippen molar-refractivity contribution in [3.63, 3.8) is 0 Å². The van der Waals surface area contributed by atoms with E-state index in [1.807, 2.05) is 35.2 Å². The quantitative estimate of drug-likeness (QED) is 0.770. The van der Waals surface area contributed by atoms with Crippen molar-refractivity contribution in [2.24, 2.45) is 0 Å². The predicted octanol–water partition coefficient (Wildman–Crippen LogP) is 2.52. The van der Waals surface area contributed by atoms with Crippen LogP contribution in [0, 0.1) is 6.92 Å². The number of carbonyl (C=O) groups is 2. The second-order valence-corrected chi connectivity index (χ2v) is 6.48. The maximum Gasteiger partial charge on any atom is 0.361 e. The average molecular weight is 356 g/mol. The summed E-state index contributed by atoms with van der Waals surface area (Å²) in [4.78, 5) is 28.0. The van der Waals surface area contributed by atoms with Crippen molar-refractivity contribution in [2.45, 2.75) is 45.6 Å². The molecule has 0 aliphatic carbocycles. The van der Waals surface area contributed by atoms with Crippen molar-refractivity contribution >= 4 is 11.9 Å². The summed E-state index contributed by atoms with van der Waals surface area (Å²) in [5.41, 5.74) is 1.35. The van der Waals surface area contributed by atoms with E-state index >= 15 is 0 Å². The minimum absolute atomic E-state index is 0.132. The van der Waals surface area contributed by atoms with Gasteiger partial charge in [-0.2, -0.15) is 9.90 Å². The molecule has 1 aromatic carbocycles. The summed E-state index contributed by atoms with van der Waals surface area (Å²) in [5, 5.41) is 8.46. The molecule has 138 valence electrons. The number of ether oxygens (including phenoxy) is 1. The topological polar surface area (TPSA) is 77.3 Å². The summed E-state index contributed by atoms with van der Waals surface area (Å²) < 4.78 is 5.22. The third-order valence-electron chi connectivity index (χ3n) is 4.71. The standard InChI is InChI=1S/C19H24N4O3/c1-3-15-9-7-8-12-22(15)17(24)13-26-19(25)18-14(2)20-23(21-18)16-10-5-4-6-11-16/h4-6,10-11,15H,3,7-9,12-13H2,1-2H3. The van der Waals surface area contributed by atoms with Crippen LogP contribution in [0.5, 0.6) is 0 Å². The zero-order chi connectivity index (χ0) is 18.5. The minimum atomic E-state index is -0.622. The lowest BCUT2D eigenvalue weighted by Crippen LogP contribution is -2.45. The first-order chi connectivity index (χ1) is 12.6. The number of nitrogens with zero attached hydrogens (tertiary/aromatic N) is 4. The van der Waals surface area contributed by atoms with Crippen LogP contribution >= 0.6 is 0 Å². The molecule has 0 saturated carbocycles. The zero-order valence-corrected chi connectivity index (χ0v) is 15.2. The summed E-state index contributed by atoms with van der Waals surface area (Å²) in [6.07, 6.45) is 4.08. The van der Waals surface area contributed by atoms with Crippen LogP contribution in [-0.4, -0.2) is 51.0 Å². The number of para-hydroxylation sites is 1. The van der Waals surface area contributed by atoms with Gasteiger partial charge in [-0.3, -0.25) is 4.79 Å². The Morgan fingerprint density at radius 3 is 2.69 bits per heavy atom. The van der Waals surface area contributed by atoms with Crippen molar-refractivity contribution < 1.29 is 14.3 Å². The van der Waals surface area contributed by atoms with Crippen LogP contribution in [0.1, 0.15) is 48.8 Å². The van der Waals surface area contributed by atoms with Gasteiger partial charge in [0.25, 0.3) is 5.91 Å². The van der Waals surface area contributed by atoms with Crippen LogP contribution in [0.15, 0.2) is 30.3 Å². The highest BCUT2D eigenvalue weighted by Gasteiger charge is 2.27. The van der Waals surface area contributed by atoms with E-state index in [2.05, 4.69) is 17.1 Å². The molecule has 1 fully saturated rings. The molecule has 26 heavy (non-hydrogen) atoms. The molecule has 0 bridgehead atoms. The maximum absolute atomic E-state index is 12.4. The maximum atomic E-state index is 12.4. The first-order valence-corrected chi connectivity index (χ1v) is 9.06. The Bertz CT molecular complexity index is 772. The third kappa shape index (κ3) is 3.92. The van der Waals surface area contributed by atoms with E-state index in [-0.39, 0.29) is 24.2 Å². The molecule has 0 N–H and O–H groups in total. The Labute approximate surface area is 152 Å². The van der Waals surface area contributed by atoms with Crippen LogP contribution < -0.4 is 0 Å². The lowest BCUT2D eigenvalue weighted by molar-refractivity contribution is -0.138. The van der Waals surface area contributed by atoms with Gasteiger partial charge in [0.1, 0.15) is 0 Å². The molecular weight excluding hydrogens is 332 g/mol. The summed E-state index contributed by atoms with van der Waals surface area (Å²) in [6, 6.07) is 9.57. The molecule has 3 rings (SSSR count). The highest BCUT2D eigenvalue weighted by atomic mass is 16.5. The van der Waals surface area contributed by atoms with Crippen LogP contribution in [0.25, 0.3) is 5.69 Å². The van der Waals surface area contributed by atoms with Gasteiger partial charge in [0, 0.05) is 12.6 Å². The monoisotopic (exact) mass is 356 g/mol. The van der Waals surface area contributed by atoms with E-state index in [1.54, 1.807) is 6.92 Å². The SMILES string of the molecule is CCC1CCCCN1C(=O)COC(=O)c1nn(-c2ccccc2)nc1C. The van der Waals surface area contributed by atoms with Crippen molar-refractivity contribution in [3.05, 3.63) is 41.7 Å². The van der Waals surface area contributed by atoms with Gasteiger partial charge in [-0.1, -0.05) is 25.1 Å². The lowest BCUT2D eigenvalue weighted by Gasteiger charge is -2.35. The number of hydrogen-bond donors (Lipinski definition) is 0. The molecule has 1 saturated heterocycles. The second-order valence-electron chi connectivity index (χ2n) is 6.48. The first-order valence-electron chi connectivity index (χ1n) is 9.06. The molecule has 2 aromatic rings. The molecule has 1 aliphatic heterocycles. The zero-order valence-electron chi connectivity index (χ0n) is 15.2. The van der Waals surface area contributed by atoms with Crippen LogP contribution in [0.3, 0.4) is 0 Å². The van der Waals surface area contributed by atoms with E-state index in [0.717, 1.165) is 37.9 Å². The Hall–Kier alpha value is -2.70. The van der Waals surface area contributed by atoms with Gasteiger partial charge < -0.3 is 9.64 Å². The number of carbonyl (C=O) groups excluding carboxylic acids is 2. The summed E-state index contributed by atoms with van der Waals surface area (Å²) in [6.45, 7) is 4.25. The summed E-state index contributed by atoms with van der Waals surface area (Å²) >= 11 is 0. The molecule has 1 aromatic heterocycles. The van der Waals surface area contributed by atoms with Gasteiger partial charge in [0.15, 0.2) is 12.3 Å². The fraction of sp³-hybridized carbons (Fsp3) is 0.474. The fourth-order valence-electron chi connectivity index (χ4n) is 3.28. The van der Waals surface area contributed by atoms with Crippen LogP contribution in [0.2, 0.25) is 0 Å². The van der Waals surface area contributed by atoms with Crippen molar-refractivity contribution in [2.75, 3.05) is 13.2 Å². The number of rotatable bonds is 5. The van der Waals surface area contributed by atoms with Gasteiger partial charge in [-0.15, -0.1) is 5.10 Å². The molecule has 2 heterocycles. The van der Waals surface area contributed by atoms with Gasteiger partial charge in [-0.25, -0.2) is 4.79 Å². The molecule has 0 radical (unpaired) electrons. The number of likely N-dealkylation sites (tertiary alicyclic amines) is 1. The van der Waals surface area contributed by atoms with Gasteiger partial charge in [0.2, 0.25) is 0 Å². The second kappa shape index (κ2) is 8.12. The lowest BCUT2D eigenvalue weighted by atomic mass is 10.00. The van der Waals surface area contributed by atoms with Gasteiger partial charge >= 0.3 is 5.97 Å². The molecule has 0 spiro atoms. The van der Waals surface area contributed by atoms with E-state index in [4.69, 9.17) is 4.74 Å². The van der Waals surface area contributed by atoms with Crippen LogP contribution in [-0.2, 0) is 9.53 Å². The Morgan fingerprint density at radius 2 is 1.96 bits per heavy atom. The van der Waals surface area contributed by atoms with E-state index in [0.29, 0.717) is 5.69 Å². The number of amides is 1. The van der Waals surface area contributed by atoms with E-state index in [1.165, 1.54) is 4.80 Å². The first kappa shape index (κ1) is 18.1. The highest BCUT2D eigenvalue weighted by molar-refractivity contribution is 5.90. The molecule has 1 atom stereocenters. The normalized spacial score (nSPS) is 17.2. The molecule has 7 nitrogen and oxygen atoms in total. The van der Waals surface area contributed by atoms with Crippen molar-refractivity contribution in [1.29, 1.82) is 0 Å². The number of aromatic nitrogens is 3. The smallest absolute Gasteiger partial charge is 0.361 e. The van der Waals surface area contributed by atoms with Gasteiger partial charge in [0.05, 0.1) is 11.4 Å². The van der Waals surface area contributed by atoms with E-state index < -0.39 is 5.97 Å². The number of esters is 1. The molecular formula is C19H24N4O3. The number of benzene rings is 1. The molecule has 1 amide bonds. The summed E-state index contributed by atoms with van der Waals surface area (Å²) in [5.74, 6) is -0.763. The molecule has 1 unspecified atom stereocenters. The van der Waals surface area contributed by atoms with Crippen LogP contribution in [0.4, 0.5) is 0 Å². The average Bonchev–Trinajstić information content (AvgIpc) is 3.08. The molecule has 1 aliphatic rings. The number of hydrogen-bond acceptors (Lipinski definition) is 5. The van der Waals surface area contributed by atoms with Crippen molar-refractivity contribution in [1.82, 2.24) is 19.9 Å². The fourth-order valence-corrected chi connectivity index (χ4v) is 3.28. The Kier molecular flexibility index (Phi) is 5.65. The predicted molar refractivity (Wildman–Crippen MR) is 96.0 cm³/mol. The largest absolute Gasteiger partial charge is 0.451 e. The Balaban J connectivity index is 1.63. The number of piperidine rings is 1. The van der Waals surface area contributed by atoms with Crippen molar-refractivity contribution in [3.8, 4) is 5.69 Å².